The van der Waals surface area contributed by atoms with Gasteiger partial charge in [0.15, 0.2) is 0 Å². The second-order valence-electron chi connectivity index (χ2n) is 7.58. The van der Waals surface area contributed by atoms with E-state index >= 15 is 0 Å². The summed E-state index contributed by atoms with van der Waals surface area (Å²) in [5, 5.41) is 14.4. The summed E-state index contributed by atoms with van der Waals surface area (Å²) in [4.78, 5) is 8.87. The minimum atomic E-state index is -0.405. The van der Waals surface area contributed by atoms with Gasteiger partial charge in [0.2, 0.25) is 11.7 Å². The van der Waals surface area contributed by atoms with E-state index in [1.165, 1.54) is 5.56 Å². The molecule has 0 aliphatic carbocycles. The molecular weight excluding hydrogens is 368 g/mol. The van der Waals surface area contributed by atoms with E-state index in [2.05, 4.69) is 44.2 Å². The Morgan fingerprint density at radius 3 is 2.52 bits per heavy atom. The summed E-state index contributed by atoms with van der Waals surface area (Å²) in [6, 6.07) is 15.9. The van der Waals surface area contributed by atoms with Crippen LogP contribution in [-0.4, -0.2) is 54.0 Å². The Kier molecular flexibility index (Phi) is 5.51. The van der Waals surface area contributed by atoms with Crippen molar-refractivity contribution in [2.45, 2.75) is 25.1 Å². The molecule has 7 nitrogen and oxygen atoms in total. The maximum absolute atomic E-state index is 10.3. The quantitative estimate of drug-likeness (QED) is 0.688. The topological polar surface area (TPSA) is 74.9 Å². The Balaban J connectivity index is 1.51. The number of rotatable bonds is 6. The second kappa shape index (κ2) is 8.23. The molecule has 0 bridgehead atoms. The molecular formula is C22H26N4O3. The fraction of sp³-hybridized carbons (Fsp3) is 0.364. The molecule has 29 heavy (non-hydrogen) atoms. The van der Waals surface area contributed by atoms with Gasteiger partial charge < -0.3 is 19.3 Å². The monoisotopic (exact) mass is 394 g/mol. The van der Waals surface area contributed by atoms with Gasteiger partial charge in [0.25, 0.3) is 0 Å². The number of nitrogens with zero attached hydrogens (tertiary/aromatic N) is 4. The first kappa shape index (κ1) is 19.4. The number of methoxy groups -OCH3 is 1. The lowest BCUT2D eigenvalue weighted by Gasteiger charge is -2.21. The highest BCUT2D eigenvalue weighted by Gasteiger charge is 2.35. The van der Waals surface area contributed by atoms with E-state index in [0.29, 0.717) is 24.7 Å². The number of ether oxygens (including phenoxy) is 1. The second-order valence-corrected chi connectivity index (χ2v) is 7.58. The highest BCUT2D eigenvalue weighted by Crippen LogP contribution is 2.34. The third-order valence-electron chi connectivity index (χ3n) is 5.29. The van der Waals surface area contributed by atoms with Crippen molar-refractivity contribution in [3.63, 3.8) is 0 Å². The molecule has 1 aliphatic rings. The lowest BCUT2D eigenvalue weighted by Crippen LogP contribution is -2.24. The maximum Gasteiger partial charge on any atom is 0.244 e. The van der Waals surface area contributed by atoms with E-state index in [1.54, 1.807) is 7.11 Å². The Hall–Kier alpha value is -2.90. The third-order valence-corrected chi connectivity index (χ3v) is 5.29. The van der Waals surface area contributed by atoms with E-state index < -0.39 is 6.10 Å². The zero-order valence-corrected chi connectivity index (χ0v) is 16.9. The molecule has 1 saturated heterocycles. The van der Waals surface area contributed by atoms with Crippen molar-refractivity contribution < 1.29 is 14.4 Å². The SMILES string of the molecule is COc1ccc(-c2noc(C3CC(O)CN3Cc3ccc(N(C)C)cc3)n2)cc1. The van der Waals surface area contributed by atoms with Gasteiger partial charge in [-0.25, -0.2) is 0 Å². The van der Waals surface area contributed by atoms with Crippen LogP contribution in [0.5, 0.6) is 5.75 Å². The van der Waals surface area contributed by atoms with Crippen LogP contribution < -0.4 is 9.64 Å². The van der Waals surface area contributed by atoms with Gasteiger partial charge in [0.05, 0.1) is 19.3 Å². The molecule has 4 rings (SSSR count). The van der Waals surface area contributed by atoms with Gasteiger partial charge in [-0.3, -0.25) is 4.90 Å². The average molecular weight is 394 g/mol. The largest absolute Gasteiger partial charge is 0.497 e. The highest BCUT2D eigenvalue weighted by atomic mass is 16.5. The summed E-state index contributed by atoms with van der Waals surface area (Å²) in [5.41, 5.74) is 3.21. The Labute approximate surface area is 170 Å². The van der Waals surface area contributed by atoms with Crippen molar-refractivity contribution in [1.82, 2.24) is 15.0 Å². The predicted octanol–water partition coefficient (Wildman–Crippen LogP) is 3.12. The molecule has 3 aromatic rings. The van der Waals surface area contributed by atoms with Gasteiger partial charge in [-0.15, -0.1) is 0 Å². The van der Waals surface area contributed by atoms with E-state index in [1.807, 2.05) is 38.4 Å². The number of aliphatic hydroxyl groups is 1. The van der Waals surface area contributed by atoms with Crippen LogP contribution in [0.2, 0.25) is 0 Å². The summed E-state index contributed by atoms with van der Waals surface area (Å²) in [7, 11) is 5.69. The molecule has 152 valence electrons. The third kappa shape index (κ3) is 4.26. The van der Waals surface area contributed by atoms with E-state index in [-0.39, 0.29) is 6.04 Å². The zero-order valence-electron chi connectivity index (χ0n) is 16.9. The normalized spacial score (nSPS) is 19.4. The average Bonchev–Trinajstić information content (AvgIpc) is 3.35. The molecule has 0 spiro atoms. The van der Waals surface area contributed by atoms with Gasteiger partial charge in [0, 0.05) is 38.4 Å². The summed E-state index contributed by atoms with van der Waals surface area (Å²) in [6.45, 7) is 1.30. The fourth-order valence-corrected chi connectivity index (χ4v) is 3.67. The number of likely N-dealkylation sites (tertiary alicyclic amines) is 1. The van der Waals surface area contributed by atoms with Crippen LogP contribution >= 0.6 is 0 Å². The van der Waals surface area contributed by atoms with Crippen LogP contribution in [0.15, 0.2) is 53.1 Å². The van der Waals surface area contributed by atoms with Crippen molar-refractivity contribution in [2.24, 2.45) is 0 Å². The van der Waals surface area contributed by atoms with Crippen LogP contribution in [0, 0.1) is 0 Å². The van der Waals surface area contributed by atoms with Gasteiger partial charge in [-0.1, -0.05) is 17.3 Å². The van der Waals surface area contributed by atoms with E-state index in [9.17, 15) is 5.11 Å². The van der Waals surface area contributed by atoms with Crippen LogP contribution in [0.1, 0.15) is 23.9 Å². The van der Waals surface area contributed by atoms with Crippen molar-refractivity contribution >= 4 is 5.69 Å². The predicted molar refractivity (Wildman–Crippen MR) is 111 cm³/mol. The van der Waals surface area contributed by atoms with Gasteiger partial charge in [0.1, 0.15) is 5.75 Å². The minimum Gasteiger partial charge on any atom is -0.497 e. The van der Waals surface area contributed by atoms with E-state index in [4.69, 9.17) is 9.26 Å². The molecule has 2 unspecified atom stereocenters. The lowest BCUT2D eigenvalue weighted by atomic mass is 10.1. The summed E-state index contributed by atoms with van der Waals surface area (Å²) in [6.07, 6.45) is 0.178. The van der Waals surface area contributed by atoms with Gasteiger partial charge >= 0.3 is 0 Å². The number of aromatic nitrogens is 2. The van der Waals surface area contributed by atoms with Crippen LogP contribution in [-0.2, 0) is 6.54 Å². The summed E-state index contributed by atoms with van der Waals surface area (Å²) < 4.78 is 10.8. The molecule has 2 heterocycles. The van der Waals surface area contributed by atoms with Crippen LogP contribution in [0.25, 0.3) is 11.4 Å². The first-order valence-electron chi connectivity index (χ1n) is 9.70. The van der Waals surface area contributed by atoms with Gasteiger partial charge in [-0.05, 0) is 48.4 Å². The molecule has 2 atom stereocenters. The van der Waals surface area contributed by atoms with E-state index in [0.717, 1.165) is 23.5 Å². The molecule has 0 saturated carbocycles. The number of hydrogen-bond acceptors (Lipinski definition) is 7. The molecule has 1 aromatic heterocycles. The zero-order chi connectivity index (χ0) is 20.4. The number of β-amino-alcohol motifs (C(OH)–C–C–N with tert-alkyl or cyclic N) is 1. The van der Waals surface area contributed by atoms with Crippen molar-refractivity contribution in [2.75, 3.05) is 32.6 Å². The van der Waals surface area contributed by atoms with Crippen molar-refractivity contribution in [3.05, 3.63) is 60.0 Å². The lowest BCUT2D eigenvalue weighted by molar-refractivity contribution is 0.169. The van der Waals surface area contributed by atoms with Crippen molar-refractivity contribution in [1.29, 1.82) is 0 Å². The number of aliphatic hydroxyl groups excluding tert-OH is 1. The molecule has 7 heteroatoms. The molecule has 1 fully saturated rings. The maximum atomic E-state index is 10.3. The number of anilines is 1. The minimum absolute atomic E-state index is 0.0991. The molecule has 0 amide bonds. The Morgan fingerprint density at radius 1 is 1.14 bits per heavy atom. The van der Waals surface area contributed by atoms with Crippen LogP contribution in [0.4, 0.5) is 5.69 Å². The summed E-state index contributed by atoms with van der Waals surface area (Å²) in [5.74, 6) is 1.86. The molecule has 0 radical (unpaired) electrons. The standard InChI is InChI=1S/C22H26N4O3/c1-25(2)17-8-4-15(5-9-17)13-26-14-18(27)12-20(26)22-23-21(24-29-22)16-6-10-19(28-3)11-7-16/h4-11,18,20,27H,12-14H2,1-3H3. The van der Waals surface area contributed by atoms with Gasteiger partial charge in [-0.2, -0.15) is 4.98 Å². The number of hydrogen-bond donors (Lipinski definition) is 1. The first-order valence-corrected chi connectivity index (χ1v) is 9.70. The smallest absolute Gasteiger partial charge is 0.244 e. The molecule has 1 aliphatic heterocycles. The Morgan fingerprint density at radius 2 is 1.86 bits per heavy atom. The highest BCUT2D eigenvalue weighted by molar-refractivity contribution is 5.55. The fourth-order valence-electron chi connectivity index (χ4n) is 3.67. The molecule has 1 N–H and O–H groups in total. The Bertz CT molecular complexity index is 937. The van der Waals surface area contributed by atoms with Crippen LogP contribution in [0.3, 0.4) is 0 Å². The first-order chi connectivity index (χ1) is 14.0. The molecule has 2 aromatic carbocycles. The van der Waals surface area contributed by atoms with Crippen molar-refractivity contribution in [3.8, 4) is 17.1 Å². The number of benzene rings is 2. The summed E-state index contributed by atoms with van der Waals surface area (Å²) >= 11 is 0.